The zero-order valence-electron chi connectivity index (χ0n) is 8.73. The maximum absolute atomic E-state index is 11.0. The van der Waals surface area contributed by atoms with Crippen LogP contribution in [0.3, 0.4) is 0 Å². The van der Waals surface area contributed by atoms with Crippen molar-refractivity contribution in [1.29, 1.82) is 0 Å². The van der Waals surface area contributed by atoms with Crippen LogP contribution in [0.4, 0.5) is 0 Å². The molecule has 0 fully saturated rings. The van der Waals surface area contributed by atoms with Gasteiger partial charge >= 0.3 is 13.6 Å². The molecule has 0 amide bonds. The van der Waals surface area contributed by atoms with Crippen LogP contribution in [0.1, 0.15) is 13.8 Å². The highest BCUT2D eigenvalue weighted by molar-refractivity contribution is 7.52. The highest BCUT2D eigenvalue weighted by Crippen LogP contribution is 2.43. The van der Waals surface area contributed by atoms with Crippen LogP contribution in [0.5, 0.6) is 0 Å². The molecule has 0 aromatic heterocycles. The number of hydrogen-bond donors (Lipinski definition) is 1. The molecule has 0 radical (unpaired) electrons. The molecule has 0 aromatic carbocycles. The normalized spacial score (nSPS) is 9.93. The van der Waals surface area contributed by atoms with Gasteiger partial charge in [-0.1, -0.05) is 6.58 Å². The van der Waals surface area contributed by atoms with Crippen molar-refractivity contribution in [2.45, 2.75) is 13.8 Å². The predicted octanol–water partition coefficient (Wildman–Crippen LogP) is 2.14. The molecule has 0 saturated carbocycles. The van der Waals surface area contributed by atoms with Crippen molar-refractivity contribution in [1.82, 2.24) is 0 Å². The molecule has 0 aromatic rings. The van der Waals surface area contributed by atoms with Crippen molar-refractivity contribution < 1.29 is 23.5 Å². The summed E-state index contributed by atoms with van der Waals surface area (Å²) in [6.45, 7) is 8.88. The molecule has 0 atom stereocenters. The molecule has 84 valence electrons. The second kappa shape index (κ2) is 8.94. The van der Waals surface area contributed by atoms with Crippen LogP contribution in [0, 0.1) is 0 Å². The zero-order chi connectivity index (χ0) is 11.6. The third-order valence-corrected chi connectivity index (χ3v) is 2.36. The molecule has 0 spiro atoms. The molecule has 0 unspecified atom stereocenters. The lowest BCUT2D eigenvalue weighted by Crippen LogP contribution is -1.92. The first kappa shape index (κ1) is 15.8. The van der Waals surface area contributed by atoms with Crippen LogP contribution < -0.4 is 0 Å². The van der Waals surface area contributed by atoms with Crippen molar-refractivity contribution in [2.75, 3.05) is 19.9 Å². The van der Waals surface area contributed by atoms with Crippen LogP contribution in [-0.4, -0.2) is 31.0 Å². The smallest absolute Gasteiger partial charge is 0.327 e. The van der Waals surface area contributed by atoms with Crippen LogP contribution in [0.2, 0.25) is 0 Å². The number of rotatable bonds is 5. The third kappa shape index (κ3) is 13.9. The van der Waals surface area contributed by atoms with Crippen molar-refractivity contribution in [3.63, 3.8) is 0 Å². The van der Waals surface area contributed by atoms with Crippen LogP contribution in [0.15, 0.2) is 12.7 Å². The summed E-state index contributed by atoms with van der Waals surface area (Å²) in [4.78, 5) is 9.25. The Morgan fingerprint density at radius 3 is 1.86 bits per heavy atom. The lowest BCUT2D eigenvalue weighted by atomic mass is 10.7. The molecule has 0 aliphatic carbocycles. The average molecular weight is 224 g/mol. The van der Waals surface area contributed by atoms with Gasteiger partial charge in [-0.2, -0.15) is 0 Å². The number of hydrogen-bond acceptors (Lipinski definition) is 4. The minimum atomic E-state index is -2.69. The molecular weight excluding hydrogens is 207 g/mol. The molecule has 14 heavy (non-hydrogen) atoms. The van der Waals surface area contributed by atoms with E-state index >= 15 is 0 Å². The van der Waals surface area contributed by atoms with E-state index in [-0.39, 0.29) is 0 Å². The first-order chi connectivity index (χ1) is 6.39. The topological polar surface area (TPSA) is 72.8 Å². The van der Waals surface area contributed by atoms with Crippen LogP contribution in [0.25, 0.3) is 0 Å². The minimum absolute atomic E-state index is 0.438. The van der Waals surface area contributed by atoms with Crippen molar-refractivity contribution >= 4 is 13.6 Å². The second-order valence-electron chi connectivity index (χ2n) is 2.15. The van der Waals surface area contributed by atoms with E-state index in [9.17, 15) is 9.36 Å². The SMILES string of the molecule is C=CC(=O)O.CCOP(C)(=O)OCC. The summed E-state index contributed by atoms with van der Waals surface area (Å²) < 4.78 is 20.6. The summed E-state index contributed by atoms with van der Waals surface area (Å²) >= 11 is 0. The molecule has 1 N–H and O–H groups in total. The standard InChI is InChI=1S/C5H13O3P.C3H4O2/c1-4-7-9(3,6)8-5-2;1-2-3(4)5/h4-5H2,1-3H3;2H,1H2,(H,4,5). The Balaban J connectivity index is 0. The fourth-order valence-electron chi connectivity index (χ4n) is 0.506. The molecule has 0 aliphatic rings. The van der Waals surface area contributed by atoms with Gasteiger partial charge in [-0.05, 0) is 13.8 Å². The zero-order valence-corrected chi connectivity index (χ0v) is 9.62. The van der Waals surface area contributed by atoms with E-state index in [1.807, 2.05) is 0 Å². The van der Waals surface area contributed by atoms with E-state index in [1.54, 1.807) is 13.8 Å². The number of carboxylic acids is 1. The Kier molecular flexibility index (Phi) is 10.1. The fourth-order valence-corrected chi connectivity index (χ4v) is 1.52. The maximum Gasteiger partial charge on any atom is 0.327 e. The summed E-state index contributed by atoms with van der Waals surface area (Å²) in [6, 6.07) is 0. The number of aliphatic carboxylic acids is 1. The van der Waals surface area contributed by atoms with Gasteiger partial charge in [0.05, 0.1) is 13.2 Å². The quantitative estimate of drug-likeness (QED) is 0.572. The van der Waals surface area contributed by atoms with E-state index in [0.29, 0.717) is 13.2 Å². The van der Waals surface area contributed by atoms with Crippen LogP contribution >= 0.6 is 7.60 Å². The lowest BCUT2D eigenvalue weighted by molar-refractivity contribution is -0.131. The summed E-state index contributed by atoms with van der Waals surface area (Å²) in [5, 5.41) is 7.60. The van der Waals surface area contributed by atoms with Gasteiger partial charge in [0.15, 0.2) is 0 Å². The largest absolute Gasteiger partial charge is 0.478 e. The average Bonchev–Trinajstić information content (AvgIpc) is 2.05. The number of carbonyl (C=O) groups is 1. The van der Waals surface area contributed by atoms with Crippen LogP contribution in [-0.2, 0) is 18.4 Å². The van der Waals surface area contributed by atoms with Gasteiger partial charge in [-0.25, -0.2) is 4.79 Å². The third-order valence-electron chi connectivity index (χ3n) is 0.902. The van der Waals surface area contributed by atoms with E-state index in [0.717, 1.165) is 6.08 Å². The van der Waals surface area contributed by atoms with Crippen molar-refractivity contribution in [3.05, 3.63) is 12.7 Å². The Labute approximate surface area is 84.3 Å². The summed E-state index contributed by atoms with van der Waals surface area (Å²) in [5.41, 5.74) is 0. The fraction of sp³-hybridized carbons (Fsp3) is 0.625. The summed E-state index contributed by atoms with van der Waals surface area (Å²) in [6.07, 6.45) is 0.833. The Morgan fingerprint density at radius 1 is 1.43 bits per heavy atom. The minimum Gasteiger partial charge on any atom is -0.478 e. The summed E-state index contributed by atoms with van der Waals surface area (Å²) in [5.74, 6) is -0.981. The van der Waals surface area contributed by atoms with E-state index < -0.39 is 13.6 Å². The van der Waals surface area contributed by atoms with E-state index in [2.05, 4.69) is 6.58 Å². The van der Waals surface area contributed by atoms with Gasteiger partial charge < -0.3 is 14.2 Å². The van der Waals surface area contributed by atoms with Gasteiger partial charge in [-0.15, -0.1) is 0 Å². The number of carboxylic acid groups (broad SMARTS) is 1. The van der Waals surface area contributed by atoms with Crippen molar-refractivity contribution in [2.24, 2.45) is 0 Å². The highest BCUT2D eigenvalue weighted by Gasteiger charge is 2.13. The monoisotopic (exact) mass is 224 g/mol. The first-order valence-corrected chi connectivity index (χ1v) is 6.10. The van der Waals surface area contributed by atoms with Gasteiger partial charge in [0.2, 0.25) is 0 Å². The molecular formula is C8H17O5P. The van der Waals surface area contributed by atoms with Gasteiger partial charge in [-0.3, -0.25) is 4.57 Å². The molecule has 0 bridgehead atoms. The molecule has 0 rings (SSSR count). The molecule has 0 saturated heterocycles. The summed E-state index contributed by atoms with van der Waals surface area (Å²) in [7, 11) is -2.69. The Bertz CT molecular complexity index is 204. The van der Waals surface area contributed by atoms with Crippen molar-refractivity contribution in [3.8, 4) is 0 Å². The lowest BCUT2D eigenvalue weighted by Gasteiger charge is -2.10. The highest BCUT2D eigenvalue weighted by atomic mass is 31.2. The second-order valence-corrected chi connectivity index (χ2v) is 4.21. The maximum atomic E-state index is 11.0. The van der Waals surface area contributed by atoms with E-state index in [4.69, 9.17) is 14.2 Å². The first-order valence-electron chi connectivity index (χ1n) is 4.11. The predicted molar refractivity (Wildman–Crippen MR) is 54.6 cm³/mol. The van der Waals surface area contributed by atoms with Gasteiger partial charge in [0.25, 0.3) is 0 Å². The Hall–Kier alpha value is -0.640. The molecule has 5 nitrogen and oxygen atoms in total. The molecule has 6 heteroatoms. The Morgan fingerprint density at radius 2 is 1.71 bits per heavy atom. The van der Waals surface area contributed by atoms with Gasteiger partial charge in [0.1, 0.15) is 0 Å². The van der Waals surface area contributed by atoms with Gasteiger partial charge in [0, 0.05) is 12.7 Å². The molecule has 0 heterocycles. The molecule has 0 aliphatic heterocycles. The van der Waals surface area contributed by atoms with E-state index in [1.165, 1.54) is 6.66 Å².